The Hall–Kier alpha value is -2.08. The van der Waals surface area contributed by atoms with Crippen molar-refractivity contribution in [3.05, 3.63) is 41.0 Å². The number of carbonyl (C=O) groups is 1. The molecule has 7 heteroatoms. The number of hydrogen-bond donors (Lipinski definition) is 0. The molecule has 1 amide bonds. The van der Waals surface area contributed by atoms with Gasteiger partial charge in [-0.25, -0.2) is 0 Å². The minimum atomic E-state index is -0.125. The molecule has 1 aliphatic heterocycles. The minimum absolute atomic E-state index is 0.0210. The number of para-hydroxylation sites is 1. The Morgan fingerprint density at radius 1 is 1.46 bits per heavy atom. The largest absolute Gasteiger partial charge is 0.492 e. The normalized spacial score (nSPS) is 17.8. The van der Waals surface area contributed by atoms with Gasteiger partial charge >= 0.3 is 0 Å². The van der Waals surface area contributed by atoms with Crippen molar-refractivity contribution in [2.75, 3.05) is 13.2 Å². The number of carbonyl (C=O) groups excluding carboxylic acids is 1. The number of aromatic nitrogens is 2. The first-order valence-corrected chi connectivity index (χ1v) is 8.54. The van der Waals surface area contributed by atoms with Gasteiger partial charge in [0.05, 0.1) is 24.1 Å². The van der Waals surface area contributed by atoms with Gasteiger partial charge in [-0.3, -0.25) is 4.79 Å². The summed E-state index contributed by atoms with van der Waals surface area (Å²) in [6.07, 6.45) is 4.42. The van der Waals surface area contributed by atoms with Crippen molar-refractivity contribution < 1.29 is 14.1 Å². The van der Waals surface area contributed by atoms with Crippen LogP contribution in [0.4, 0.5) is 0 Å². The molecule has 2 heterocycles. The van der Waals surface area contributed by atoms with Gasteiger partial charge in [0.2, 0.25) is 12.3 Å². The third-order valence-corrected chi connectivity index (χ3v) is 4.48. The second kappa shape index (κ2) is 7.66. The van der Waals surface area contributed by atoms with Gasteiger partial charge in [0, 0.05) is 12.1 Å². The molecule has 0 radical (unpaired) electrons. The fraction of sp³-hybridized carbons (Fsp3) is 0.471. The molecule has 1 aliphatic rings. The highest BCUT2D eigenvalue weighted by Crippen LogP contribution is 2.32. The maximum atomic E-state index is 12.9. The van der Waals surface area contributed by atoms with Crippen LogP contribution in [0, 0.1) is 0 Å². The Labute approximate surface area is 145 Å². The third kappa shape index (κ3) is 3.53. The summed E-state index contributed by atoms with van der Waals surface area (Å²) in [5.74, 6) is 1.18. The molecule has 0 N–H and O–H groups in total. The first-order valence-electron chi connectivity index (χ1n) is 8.16. The molecule has 1 atom stereocenters. The van der Waals surface area contributed by atoms with Crippen molar-refractivity contribution in [1.29, 1.82) is 0 Å². The Bertz CT molecular complexity index is 690. The fourth-order valence-corrected chi connectivity index (χ4v) is 3.34. The minimum Gasteiger partial charge on any atom is -0.492 e. The Morgan fingerprint density at radius 2 is 2.33 bits per heavy atom. The van der Waals surface area contributed by atoms with E-state index >= 15 is 0 Å². The van der Waals surface area contributed by atoms with Crippen LogP contribution in [-0.2, 0) is 11.2 Å². The Kier molecular flexibility index (Phi) is 5.35. The van der Waals surface area contributed by atoms with E-state index in [1.807, 2.05) is 24.0 Å². The topological polar surface area (TPSA) is 68.5 Å². The van der Waals surface area contributed by atoms with Gasteiger partial charge in [-0.1, -0.05) is 28.9 Å². The van der Waals surface area contributed by atoms with E-state index in [2.05, 4.69) is 10.1 Å². The van der Waals surface area contributed by atoms with Crippen LogP contribution in [0.1, 0.15) is 43.6 Å². The molecule has 0 saturated carbocycles. The van der Waals surface area contributed by atoms with Gasteiger partial charge in [-0.05, 0) is 32.3 Å². The molecule has 1 fully saturated rings. The zero-order chi connectivity index (χ0) is 16.9. The summed E-state index contributed by atoms with van der Waals surface area (Å²) in [7, 11) is 0. The maximum Gasteiger partial charge on any atom is 0.227 e. The van der Waals surface area contributed by atoms with Crippen LogP contribution >= 0.6 is 11.6 Å². The van der Waals surface area contributed by atoms with Crippen LogP contribution < -0.4 is 4.74 Å². The van der Waals surface area contributed by atoms with Crippen LogP contribution in [0.3, 0.4) is 0 Å². The van der Waals surface area contributed by atoms with Gasteiger partial charge in [-0.2, -0.15) is 4.98 Å². The van der Waals surface area contributed by atoms with Gasteiger partial charge in [0.25, 0.3) is 0 Å². The fourth-order valence-electron chi connectivity index (χ4n) is 3.09. The molecule has 24 heavy (non-hydrogen) atoms. The lowest BCUT2D eigenvalue weighted by molar-refractivity contribution is -0.134. The molecule has 3 rings (SSSR count). The highest BCUT2D eigenvalue weighted by molar-refractivity contribution is 6.32. The second-order valence-electron chi connectivity index (χ2n) is 5.73. The van der Waals surface area contributed by atoms with Crippen molar-refractivity contribution in [3.63, 3.8) is 0 Å². The second-order valence-corrected chi connectivity index (χ2v) is 6.13. The van der Waals surface area contributed by atoms with Crippen LogP contribution in [0.2, 0.25) is 5.02 Å². The highest BCUT2D eigenvalue weighted by Gasteiger charge is 2.31. The van der Waals surface area contributed by atoms with Crippen LogP contribution in [-0.4, -0.2) is 34.1 Å². The van der Waals surface area contributed by atoms with E-state index in [4.69, 9.17) is 20.9 Å². The molecule has 0 unspecified atom stereocenters. The van der Waals surface area contributed by atoms with E-state index in [0.717, 1.165) is 24.8 Å². The number of likely N-dealkylation sites (tertiary alicyclic amines) is 1. The molecule has 6 nitrogen and oxygen atoms in total. The average molecular weight is 350 g/mol. The number of hydrogen-bond acceptors (Lipinski definition) is 5. The van der Waals surface area contributed by atoms with E-state index in [0.29, 0.717) is 29.7 Å². The molecular weight excluding hydrogens is 330 g/mol. The van der Waals surface area contributed by atoms with E-state index in [1.54, 1.807) is 6.07 Å². The first kappa shape index (κ1) is 16.8. The average Bonchev–Trinajstić information content (AvgIpc) is 3.12. The van der Waals surface area contributed by atoms with Crippen molar-refractivity contribution in [2.45, 2.75) is 38.6 Å². The Balaban J connectivity index is 1.80. The van der Waals surface area contributed by atoms with Crippen LogP contribution in [0.5, 0.6) is 5.75 Å². The number of ether oxygens (including phenoxy) is 1. The summed E-state index contributed by atoms with van der Waals surface area (Å²) < 4.78 is 10.5. The predicted molar refractivity (Wildman–Crippen MR) is 88.9 cm³/mol. The molecule has 0 spiro atoms. The lowest BCUT2D eigenvalue weighted by Crippen LogP contribution is -2.39. The van der Waals surface area contributed by atoms with Crippen molar-refractivity contribution in [3.8, 4) is 5.75 Å². The molecule has 2 aromatic rings. The Morgan fingerprint density at radius 3 is 3.08 bits per heavy atom. The zero-order valence-corrected chi connectivity index (χ0v) is 14.3. The number of nitrogens with zero attached hydrogens (tertiary/aromatic N) is 3. The van der Waals surface area contributed by atoms with Crippen molar-refractivity contribution >= 4 is 17.5 Å². The number of piperidine rings is 1. The number of benzene rings is 1. The summed E-state index contributed by atoms with van der Waals surface area (Å²) >= 11 is 6.20. The summed E-state index contributed by atoms with van der Waals surface area (Å²) in [5.41, 5.74) is 0.798. The van der Waals surface area contributed by atoms with Crippen LogP contribution in [0.15, 0.2) is 29.1 Å². The summed E-state index contributed by atoms with van der Waals surface area (Å²) in [6.45, 7) is 3.09. The monoisotopic (exact) mass is 349 g/mol. The number of halogens is 1. The summed E-state index contributed by atoms with van der Waals surface area (Å²) in [5, 5.41) is 4.44. The van der Waals surface area contributed by atoms with E-state index in [1.165, 1.54) is 6.39 Å². The molecule has 0 aliphatic carbocycles. The smallest absolute Gasteiger partial charge is 0.227 e. The molecular formula is C17H20ClN3O3. The molecule has 0 bridgehead atoms. The lowest BCUT2D eigenvalue weighted by Gasteiger charge is -2.34. The van der Waals surface area contributed by atoms with Gasteiger partial charge < -0.3 is 14.2 Å². The quantitative estimate of drug-likeness (QED) is 0.827. The van der Waals surface area contributed by atoms with Crippen LogP contribution in [0.25, 0.3) is 0 Å². The standard InChI is InChI=1S/C17H20ClN3O3/c1-2-23-16-12(6-5-7-13(16)18)10-15(22)21-9-4-3-8-14(21)17-19-11-24-20-17/h5-7,11,14H,2-4,8-10H2,1H3/t14-/m0/s1. The zero-order valence-electron chi connectivity index (χ0n) is 13.6. The van der Waals surface area contributed by atoms with E-state index in [-0.39, 0.29) is 18.4 Å². The molecule has 1 saturated heterocycles. The summed E-state index contributed by atoms with van der Waals surface area (Å²) in [6, 6.07) is 5.35. The SMILES string of the molecule is CCOc1c(Cl)cccc1CC(=O)N1CCCC[C@H]1c1ncon1. The van der Waals surface area contributed by atoms with E-state index in [9.17, 15) is 4.79 Å². The van der Waals surface area contributed by atoms with E-state index < -0.39 is 0 Å². The van der Waals surface area contributed by atoms with Gasteiger partial charge in [-0.15, -0.1) is 0 Å². The predicted octanol–water partition coefficient (Wildman–Crippen LogP) is 3.42. The van der Waals surface area contributed by atoms with Gasteiger partial charge in [0.1, 0.15) is 5.75 Å². The first-order chi connectivity index (χ1) is 11.7. The summed E-state index contributed by atoms with van der Waals surface area (Å²) in [4.78, 5) is 18.8. The van der Waals surface area contributed by atoms with Crippen molar-refractivity contribution in [2.24, 2.45) is 0 Å². The number of rotatable bonds is 5. The van der Waals surface area contributed by atoms with Gasteiger partial charge in [0.15, 0.2) is 5.82 Å². The molecule has 128 valence electrons. The highest BCUT2D eigenvalue weighted by atomic mass is 35.5. The third-order valence-electron chi connectivity index (χ3n) is 4.18. The molecule has 1 aromatic heterocycles. The maximum absolute atomic E-state index is 12.9. The lowest BCUT2D eigenvalue weighted by atomic mass is 10.00. The molecule has 1 aromatic carbocycles. The number of amides is 1. The van der Waals surface area contributed by atoms with Crippen molar-refractivity contribution in [1.82, 2.24) is 15.0 Å².